The molecule has 0 atom stereocenters. The molecule has 0 unspecified atom stereocenters. The molecule has 0 fully saturated rings. The first-order valence-electron chi connectivity index (χ1n) is 7.91. The van der Waals surface area contributed by atoms with Crippen LogP contribution in [-0.4, -0.2) is 40.3 Å². The lowest BCUT2D eigenvalue weighted by Crippen LogP contribution is -2.39. The van der Waals surface area contributed by atoms with Crippen molar-refractivity contribution < 1.29 is 5.11 Å². The lowest BCUT2D eigenvalue weighted by molar-refractivity contribution is 0.0874. The monoisotopic (exact) mass is 294 g/mol. The summed E-state index contributed by atoms with van der Waals surface area (Å²) >= 11 is 0. The maximum absolute atomic E-state index is 10.1. The number of aliphatic hydroxyl groups is 1. The van der Waals surface area contributed by atoms with Gasteiger partial charge in [0.1, 0.15) is 17.5 Å². The molecule has 0 aliphatic carbocycles. The summed E-state index contributed by atoms with van der Waals surface area (Å²) in [7, 11) is 0. The van der Waals surface area contributed by atoms with Crippen molar-refractivity contribution in [2.45, 2.75) is 60.0 Å². The van der Waals surface area contributed by atoms with E-state index in [2.05, 4.69) is 36.0 Å². The molecule has 0 saturated carbocycles. The fourth-order valence-corrected chi connectivity index (χ4v) is 2.34. The number of hydrogen-bond donors (Lipinski definition) is 2. The van der Waals surface area contributed by atoms with Gasteiger partial charge in [0.05, 0.1) is 5.60 Å². The van der Waals surface area contributed by atoms with E-state index in [1.807, 2.05) is 20.8 Å². The first-order chi connectivity index (χ1) is 9.82. The average Bonchev–Trinajstić information content (AvgIpc) is 2.39. The lowest BCUT2D eigenvalue weighted by Gasteiger charge is -2.30. The minimum absolute atomic E-state index is 0.554. The van der Waals surface area contributed by atoms with Gasteiger partial charge in [0.15, 0.2) is 0 Å². The lowest BCUT2D eigenvalue weighted by atomic mass is 10.1. The summed E-state index contributed by atoms with van der Waals surface area (Å²) in [5.41, 5.74) is 0.291. The number of nitrogens with zero attached hydrogens (tertiary/aromatic N) is 3. The highest BCUT2D eigenvalue weighted by atomic mass is 16.3. The Balaban J connectivity index is 3.23. The second-order valence-electron chi connectivity index (χ2n) is 6.04. The summed E-state index contributed by atoms with van der Waals surface area (Å²) in [6.07, 6.45) is 1.89. The molecule has 120 valence electrons. The van der Waals surface area contributed by atoms with Crippen molar-refractivity contribution in [1.82, 2.24) is 9.97 Å². The fourth-order valence-electron chi connectivity index (χ4n) is 2.34. The molecule has 2 N–H and O–H groups in total. The second-order valence-corrected chi connectivity index (χ2v) is 6.04. The third-order valence-electron chi connectivity index (χ3n) is 3.24. The Kier molecular flexibility index (Phi) is 6.40. The predicted molar refractivity (Wildman–Crippen MR) is 89.1 cm³/mol. The van der Waals surface area contributed by atoms with Gasteiger partial charge < -0.3 is 15.3 Å². The Bertz CT molecular complexity index is 454. The first-order valence-corrected chi connectivity index (χ1v) is 7.91. The summed E-state index contributed by atoms with van der Waals surface area (Å²) in [5.74, 6) is 2.69. The van der Waals surface area contributed by atoms with Gasteiger partial charge in [-0.05, 0) is 41.0 Å². The third kappa shape index (κ3) is 5.16. The molecule has 21 heavy (non-hydrogen) atoms. The van der Waals surface area contributed by atoms with E-state index in [4.69, 9.17) is 4.98 Å². The standard InChI is InChI=1S/C16H30N4O/c1-7-10-13-18-14(17-8-2)12(4)15(19-13)20(9-3)11-16(5,6)21/h21H,7-11H2,1-6H3,(H,17,18,19). The molecular formula is C16H30N4O. The summed E-state index contributed by atoms with van der Waals surface area (Å²) < 4.78 is 0. The second kappa shape index (κ2) is 7.59. The maximum atomic E-state index is 10.1. The average molecular weight is 294 g/mol. The SMILES string of the molecule is CCCc1nc(NCC)c(C)c(N(CC)CC(C)(C)O)n1. The molecule has 1 heterocycles. The molecule has 5 nitrogen and oxygen atoms in total. The molecule has 1 aromatic heterocycles. The highest BCUT2D eigenvalue weighted by Crippen LogP contribution is 2.25. The number of likely N-dealkylation sites (N-methyl/N-ethyl adjacent to an activating group) is 1. The minimum Gasteiger partial charge on any atom is -0.389 e. The van der Waals surface area contributed by atoms with E-state index >= 15 is 0 Å². The number of rotatable bonds is 8. The largest absolute Gasteiger partial charge is 0.389 e. The zero-order valence-electron chi connectivity index (χ0n) is 14.3. The van der Waals surface area contributed by atoms with Crippen LogP contribution in [0, 0.1) is 6.92 Å². The van der Waals surface area contributed by atoms with Crippen molar-refractivity contribution in [3.63, 3.8) is 0 Å². The molecule has 0 aliphatic rings. The predicted octanol–water partition coefficient (Wildman–Crippen LogP) is 2.77. The normalized spacial score (nSPS) is 11.6. The van der Waals surface area contributed by atoms with Crippen LogP contribution in [0.5, 0.6) is 0 Å². The van der Waals surface area contributed by atoms with E-state index in [1.54, 1.807) is 0 Å². The van der Waals surface area contributed by atoms with E-state index in [0.717, 1.165) is 49.0 Å². The van der Waals surface area contributed by atoms with Crippen LogP contribution < -0.4 is 10.2 Å². The van der Waals surface area contributed by atoms with Crippen molar-refractivity contribution in [1.29, 1.82) is 0 Å². The molecule has 0 saturated heterocycles. The third-order valence-corrected chi connectivity index (χ3v) is 3.24. The first kappa shape index (κ1) is 17.7. The van der Waals surface area contributed by atoms with Crippen molar-refractivity contribution in [3.8, 4) is 0 Å². The van der Waals surface area contributed by atoms with Crippen molar-refractivity contribution >= 4 is 11.6 Å². The van der Waals surface area contributed by atoms with E-state index in [-0.39, 0.29) is 0 Å². The number of anilines is 2. The van der Waals surface area contributed by atoms with Crippen molar-refractivity contribution in [3.05, 3.63) is 11.4 Å². The van der Waals surface area contributed by atoms with Crippen molar-refractivity contribution in [2.24, 2.45) is 0 Å². The molecule has 1 rings (SSSR count). The Morgan fingerprint density at radius 2 is 1.86 bits per heavy atom. The number of nitrogens with one attached hydrogen (secondary N) is 1. The van der Waals surface area contributed by atoms with Gasteiger partial charge in [0, 0.05) is 31.6 Å². The van der Waals surface area contributed by atoms with Gasteiger partial charge >= 0.3 is 0 Å². The van der Waals surface area contributed by atoms with Crippen LogP contribution in [0.3, 0.4) is 0 Å². The van der Waals surface area contributed by atoms with Gasteiger partial charge in [-0.3, -0.25) is 0 Å². The van der Waals surface area contributed by atoms with Crippen LogP contribution in [0.4, 0.5) is 11.6 Å². The van der Waals surface area contributed by atoms with Gasteiger partial charge in [-0.25, -0.2) is 9.97 Å². The van der Waals surface area contributed by atoms with Gasteiger partial charge in [0.2, 0.25) is 0 Å². The summed E-state index contributed by atoms with van der Waals surface area (Å²) in [5, 5.41) is 13.4. The van der Waals surface area contributed by atoms with E-state index in [1.165, 1.54) is 0 Å². The quantitative estimate of drug-likeness (QED) is 0.772. The molecule has 0 radical (unpaired) electrons. The van der Waals surface area contributed by atoms with Crippen LogP contribution in [-0.2, 0) is 6.42 Å². The summed E-state index contributed by atoms with van der Waals surface area (Å²) in [4.78, 5) is 11.5. The zero-order chi connectivity index (χ0) is 16.0. The molecule has 0 aliphatic heterocycles. The number of aromatic nitrogens is 2. The van der Waals surface area contributed by atoms with Gasteiger partial charge in [-0.15, -0.1) is 0 Å². The van der Waals surface area contributed by atoms with Crippen LogP contribution >= 0.6 is 0 Å². The number of aryl methyl sites for hydroxylation is 1. The fraction of sp³-hybridized carbons (Fsp3) is 0.750. The molecule has 0 amide bonds. The van der Waals surface area contributed by atoms with E-state index < -0.39 is 5.60 Å². The highest BCUT2D eigenvalue weighted by Gasteiger charge is 2.21. The van der Waals surface area contributed by atoms with E-state index in [9.17, 15) is 5.11 Å². The molecule has 1 aromatic rings. The maximum Gasteiger partial charge on any atom is 0.137 e. The minimum atomic E-state index is -0.753. The Hall–Kier alpha value is -1.36. The highest BCUT2D eigenvalue weighted by molar-refractivity contribution is 5.58. The van der Waals surface area contributed by atoms with Gasteiger partial charge in [0.25, 0.3) is 0 Å². The summed E-state index contributed by atoms with van der Waals surface area (Å²) in [6, 6.07) is 0. The van der Waals surface area contributed by atoms with Gasteiger partial charge in [-0.1, -0.05) is 6.92 Å². The smallest absolute Gasteiger partial charge is 0.137 e. The van der Waals surface area contributed by atoms with Crippen LogP contribution in [0.25, 0.3) is 0 Å². The van der Waals surface area contributed by atoms with Gasteiger partial charge in [-0.2, -0.15) is 0 Å². The zero-order valence-corrected chi connectivity index (χ0v) is 14.3. The molecule has 0 bridgehead atoms. The molecule has 5 heteroatoms. The van der Waals surface area contributed by atoms with Crippen LogP contribution in [0.2, 0.25) is 0 Å². The molecule has 0 aromatic carbocycles. The molecular weight excluding hydrogens is 264 g/mol. The van der Waals surface area contributed by atoms with E-state index in [0.29, 0.717) is 6.54 Å². The summed E-state index contributed by atoms with van der Waals surface area (Å²) in [6.45, 7) is 14.2. The van der Waals surface area contributed by atoms with Crippen LogP contribution in [0.15, 0.2) is 0 Å². The topological polar surface area (TPSA) is 61.3 Å². The van der Waals surface area contributed by atoms with Crippen molar-refractivity contribution in [2.75, 3.05) is 29.9 Å². The number of hydrogen-bond acceptors (Lipinski definition) is 5. The Morgan fingerprint density at radius 1 is 1.19 bits per heavy atom. The Labute approximate surface area is 128 Å². The molecule has 0 spiro atoms. The van der Waals surface area contributed by atoms with Crippen LogP contribution in [0.1, 0.15) is 52.4 Å². The Morgan fingerprint density at radius 3 is 2.33 bits per heavy atom.